The molecule has 2 aliphatic rings. The quantitative estimate of drug-likeness (QED) is 0.668. The highest BCUT2D eigenvalue weighted by molar-refractivity contribution is 5.70. The van der Waals surface area contributed by atoms with E-state index in [9.17, 15) is 4.79 Å². The molecular formula is C23H37N3O3. The van der Waals surface area contributed by atoms with Crippen LogP contribution in [0.4, 0.5) is 4.79 Å². The number of benzene rings is 1. The summed E-state index contributed by atoms with van der Waals surface area (Å²) in [4.78, 5) is 19.0. The van der Waals surface area contributed by atoms with Crippen LogP contribution >= 0.6 is 0 Å². The van der Waals surface area contributed by atoms with Crippen LogP contribution in [0.2, 0.25) is 0 Å². The van der Waals surface area contributed by atoms with Crippen LogP contribution in [0.5, 0.6) is 0 Å². The molecule has 2 heterocycles. The molecular weight excluding hydrogens is 366 g/mol. The number of hydrogen-bond acceptors (Lipinski definition) is 5. The van der Waals surface area contributed by atoms with Crippen molar-refractivity contribution in [1.82, 2.24) is 14.7 Å². The number of carbonyl (C=O) groups excluding carboxylic acids is 1. The summed E-state index contributed by atoms with van der Waals surface area (Å²) < 4.78 is 11.0. The topological polar surface area (TPSA) is 45.2 Å². The van der Waals surface area contributed by atoms with Gasteiger partial charge in [0.25, 0.3) is 0 Å². The molecule has 29 heavy (non-hydrogen) atoms. The molecule has 0 unspecified atom stereocenters. The van der Waals surface area contributed by atoms with Gasteiger partial charge in [-0.05, 0) is 50.1 Å². The number of hydrogen-bond donors (Lipinski definition) is 0. The summed E-state index contributed by atoms with van der Waals surface area (Å²) in [5.74, 6) is 0. The number of likely N-dealkylation sites (tertiary alicyclic amines) is 1. The standard InChI is InChI=1S/C23H37N3O3/c1-18-14-20(3)21(15-19(18)2)16-25-8-6-23(7-9-25)17-26(22(27)29-23)11-10-24(4)12-13-28-5/h14-15H,6-13,16-17H2,1-5H3. The van der Waals surface area contributed by atoms with E-state index in [-0.39, 0.29) is 11.7 Å². The molecule has 0 saturated carbocycles. The van der Waals surface area contributed by atoms with Crippen LogP contribution < -0.4 is 0 Å². The van der Waals surface area contributed by atoms with Crippen molar-refractivity contribution in [3.8, 4) is 0 Å². The smallest absolute Gasteiger partial charge is 0.410 e. The van der Waals surface area contributed by atoms with E-state index < -0.39 is 0 Å². The summed E-state index contributed by atoms with van der Waals surface area (Å²) in [6, 6.07) is 4.61. The van der Waals surface area contributed by atoms with E-state index in [1.165, 1.54) is 22.3 Å². The molecule has 0 N–H and O–H groups in total. The largest absolute Gasteiger partial charge is 0.441 e. The zero-order valence-corrected chi connectivity index (χ0v) is 18.8. The Morgan fingerprint density at radius 3 is 2.48 bits per heavy atom. The van der Waals surface area contributed by atoms with E-state index in [0.717, 1.165) is 52.1 Å². The van der Waals surface area contributed by atoms with Crippen molar-refractivity contribution < 1.29 is 14.3 Å². The number of carbonyl (C=O) groups is 1. The Labute approximate surface area is 175 Å². The number of aryl methyl sites for hydroxylation is 3. The molecule has 2 fully saturated rings. The summed E-state index contributed by atoms with van der Waals surface area (Å²) >= 11 is 0. The fourth-order valence-corrected chi connectivity index (χ4v) is 4.33. The zero-order chi connectivity index (χ0) is 21.0. The lowest BCUT2D eigenvalue weighted by atomic mass is 9.90. The van der Waals surface area contributed by atoms with Gasteiger partial charge in [0, 0.05) is 59.2 Å². The van der Waals surface area contributed by atoms with Gasteiger partial charge in [-0.25, -0.2) is 4.79 Å². The van der Waals surface area contributed by atoms with Crippen LogP contribution in [-0.4, -0.2) is 86.4 Å². The minimum atomic E-state index is -0.295. The lowest BCUT2D eigenvalue weighted by Gasteiger charge is -2.37. The van der Waals surface area contributed by atoms with Gasteiger partial charge in [0.05, 0.1) is 13.2 Å². The molecule has 1 aromatic rings. The Balaban J connectivity index is 1.50. The van der Waals surface area contributed by atoms with Crippen molar-refractivity contribution in [3.63, 3.8) is 0 Å². The fraction of sp³-hybridized carbons (Fsp3) is 0.696. The Hall–Kier alpha value is -1.63. The van der Waals surface area contributed by atoms with Crippen molar-refractivity contribution in [1.29, 1.82) is 0 Å². The average molecular weight is 404 g/mol. The number of nitrogens with zero attached hydrogens (tertiary/aromatic N) is 3. The highest BCUT2D eigenvalue weighted by Crippen LogP contribution is 2.33. The molecule has 1 spiro atoms. The predicted octanol–water partition coefficient (Wildman–Crippen LogP) is 2.98. The molecule has 3 rings (SSSR count). The maximum absolute atomic E-state index is 12.4. The van der Waals surface area contributed by atoms with Gasteiger partial charge in [-0.1, -0.05) is 12.1 Å². The second-order valence-electron chi connectivity index (χ2n) is 8.91. The van der Waals surface area contributed by atoms with Crippen molar-refractivity contribution >= 4 is 6.09 Å². The van der Waals surface area contributed by atoms with Gasteiger partial charge < -0.3 is 19.3 Å². The number of amides is 1. The van der Waals surface area contributed by atoms with Crippen LogP contribution in [0.3, 0.4) is 0 Å². The van der Waals surface area contributed by atoms with E-state index >= 15 is 0 Å². The maximum Gasteiger partial charge on any atom is 0.410 e. The van der Waals surface area contributed by atoms with Gasteiger partial charge in [-0.2, -0.15) is 0 Å². The van der Waals surface area contributed by atoms with Crippen molar-refractivity contribution in [2.75, 3.05) is 60.0 Å². The SMILES string of the molecule is COCCN(C)CCN1CC2(CCN(Cc3cc(C)c(C)cc3C)CC2)OC1=O. The van der Waals surface area contributed by atoms with Crippen molar-refractivity contribution in [2.45, 2.75) is 45.8 Å². The normalized spacial score (nSPS) is 19.4. The maximum atomic E-state index is 12.4. The van der Waals surface area contributed by atoms with Crippen LogP contribution in [0.1, 0.15) is 35.1 Å². The Morgan fingerprint density at radius 1 is 1.10 bits per heavy atom. The molecule has 0 bridgehead atoms. The second kappa shape index (κ2) is 9.45. The van der Waals surface area contributed by atoms with Crippen LogP contribution in [0.25, 0.3) is 0 Å². The van der Waals surface area contributed by atoms with E-state index in [1.807, 2.05) is 4.90 Å². The molecule has 0 atom stereocenters. The van der Waals surface area contributed by atoms with Crippen LogP contribution in [0, 0.1) is 20.8 Å². The lowest BCUT2D eigenvalue weighted by Crippen LogP contribution is -2.47. The number of rotatable bonds is 8. The van der Waals surface area contributed by atoms with E-state index in [1.54, 1.807) is 7.11 Å². The number of methoxy groups -OCH3 is 1. The first kappa shape index (κ1) is 22.1. The molecule has 0 radical (unpaired) electrons. The van der Waals surface area contributed by atoms with Gasteiger partial charge in [-0.3, -0.25) is 4.90 Å². The van der Waals surface area contributed by atoms with Gasteiger partial charge in [0.2, 0.25) is 0 Å². The lowest BCUT2D eigenvalue weighted by molar-refractivity contribution is -0.00129. The highest BCUT2D eigenvalue weighted by atomic mass is 16.6. The molecule has 1 aromatic carbocycles. The Bertz CT molecular complexity index is 714. The molecule has 0 aliphatic carbocycles. The van der Waals surface area contributed by atoms with Gasteiger partial charge in [-0.15, -0.1) is 0 Å². The Morgan fingerprint density at radius 2 is 1.79 bits per heavy atom. The summed E-state index contributed by atoms with van der Waals surface area (Å²) in [6.45, 7) is 13.3. The van der Waals surface area contributed by atoms with E-state index in [0.29, 0.717) is 13.2 Å². The zero-order valence-electron chi connectivity index (χ0n) is 18.8. The molecule has 6 heteroatoms. The third-order valence-corrected chi connectivity index (χ3v) is 6.58. The first-order valence-electron chi connectivity index (χ1n) is 10.8. The van der Waals surface area contributed by atoms with Crippen LogP contribution in [0.15, 0.2) is 12.1 Å². The number of likely N-dealkylation sites (N-methyl/N-ethyl adjacent to an activating group) is 1. The second-order valence-corrected chi connectivity index (χ2v) is 8.91. The van der Waals surface area contributed by atoms with E-state index in [4.69, 9.17) is 9.47 Å². The molecule has 162 valence electrons. The van der Waals surface area contributed by atoms with Gasteiger partial charge in [0.1, 0.15) is 5.60 Å². The fourth-order valence-electron chi connectivity index (χ4n) is 4.33. The molecule has 0 aromatic heterocycles. The number of ether oxygens (including phenoxy) is 2. The van der Waals surface area contributed by atoms with Crippen LogP contribution in [-0.2, 0) is 16.0 Å². The summed E-state index contributed by atoms with van der Waals surface area (Å²) in [6.07, 6.45) is 1.68. The van der Waals surface area contributed by atoms with Crippen molar-refractivity contribution in [2.24, 2.45) is 0 Å². The minimum Gasteiger partial charge on any atom is -0.441 e. The monoisotopic (exact) mass is 403 g/mol. The number of piperidine rings is 1. The van der Waals surface area contributed by atoms with Gasteiger partial charge in [0.15, 0.2) is 0 Å². The minimum absolute atomic E-state index is 0.149. The predicted molar refractivity (Wildman–Crippen MR) is 115 cm³/mol. The molecule has 6 nitrogen and oxygen atoms in total. The first-order chi connectivity index (χ1) is 13.8. The molecule has 1 amide bonds. The first-order valence-corrected chi connectivity index (χ1v) is 10.8. The summed E-state index contributed by atoms with van der Waals surface area (Å²) in [7, 11) is 3.77. The van der Waals surface area contributed by atoms with Crippen molar-refractivity contribution in [3.05, 3.63) is 34.4 Å². The third-order valence-electron chi connectivity index (χ3n) is 6.58. The molecule has 2 saturated heterocycles. The van der Waals surface area contributed by atoms with E-state index in [2.05, 4.69) is 49.8 Å². The summed E-state index contributed by atoms with van der Waals surface area (Å²) in [5.41, 5.74) is 5.19. The van der Waals surface area contributed by atoms with Gasteiger partial charge >= 0.3 is 6.09 Å². The summed E-state index contributed by atoms with van der Waals surface area (Å²) in [5, 5.41) is 0. The molecule has 2 aliphatic heterocycles. The third kappa shape index (κ3) is 5.50. The highest BCUT2D eigenvalue weighted by Gasteiger charge is 2.46. The Kier molecular flexibility index (Phi) is 7.19. The average Bonchev–Trinajstić information content (AvgIpc) is 2.99.